The molecule has 0 aliphatic heterocycles. The average molecular weight is 314 g/mol. The Balaban J connectivity index is 1.80. The van der Waals surface area contributed by atoms with Gasteiger partial charge in [-0.05, 0) is 6.92 Å². The van der Waals surface area contributed by atoms with Crippen molar-refractivity contribution in [2.45, 2.75) is 13.0 Å². The molecule has 0 unspecified atom stereocenters. The third kappa shape index (κ3) is 2.82. The number of carbonyl (C=O) groups is 1. The van der Waals surface area contributed by atoms with Crippen LogP contribution in [0, 0.1) is 0 Å². The number of anilines is 1. The standard InChI is InChI=1S/C14H14N6OS/c1-8(13-19-20-14(15)22-13)17-12(21)10-7-16-18-11(10)9-5-3-2-4-6-9/h2-8H,1H3,(H2,15,20)(H,16,18)(H,17,21)/t8-/m1/s1. The third-order valence-electron chi connectivity index (χ3n) is 3.12. The van der Waals surface area contributed by atoms with Gasteiger partial charge in [-0.2, -0.15) is 5.10 Å². The first-order valence-corrected chi connectivity index (χ1v) is 7.45. The second-order valence-electron chi connectivity index (χ2n) is 4.70. The molecule has 0 saturated heterocycles. The van der Waals surface area contributed by atoms with Gasteiger partial charge in [-0.3, -0.25) is 9.89 Å². The maximum atomic E-state index is 12.4. The molecule has 0 bridgehead atoms. The van der Waals surface area contributed by atoms with Crippen molar-refractivity contribution in [2.24, 2.45) is 0 Å². The molecule has 0 aliphatic rings. The lowest BCUT2D eigenvalue weighted by Gasteiger charge is -2.10. The van der Waals surface area contributed by atoms with Gasteiger partial charge in [0.25, 0.3) is 5.91 Å². The number of nitrogens with zero attached hydrogens (tertiary/aromatic N) is 3. The molecule has 112 valence electrons. The summed E-state index contributed by atoms with van der Waals surface area (Å²) in [5, 5.41) is 18.4. The molecule has 22 heavy (non-hydrogen) atoms. The van der Waals surface area contributed by atoms with Crippen LogP contribution in [0.5, 0.6) is 0 Å². The van der Waals surface area contributed by atoms with Crippen molar-refractivity contribution in [1.82, 2.24) is 25.7 Å². The molecular formula is C14H14N6OS. The molecular weight excluding hydrogens is 300 g/mol. The van der Waals surface area contributed by atoms with Gasteiger partial charge < -0.3 is 11.1 Å². The Morgan fingerprint density at radius 1 is 1.32 bits per heavy atom. The van der Waals surface area contributed by atoms with Gasteiger partial charge in [0.15, 0.2) is 0 Å². The summed E-state index contributed by atoms with van der Waals surface area (Å²) in [5.41, 5.74) is 7.62. The van der Waals surface area contributed by atoms with E-state index < -0.39 is 0 Å². The van der Waals surface area contributed by atoms with Crippen molar-refractivity contribution in [3.8, 4) is 11.3 Å². The summed E-state index contributed by atoms with van der Waals surface area (Å²) in [7, 11) is 0. The maximum Gasteiger partial charge on any atom is 0.255 e. The van der Waals surface area contributed by atoms with Crippen LogP contribution in [0.4, 0.5) is 5.13 Å². The molecule has 2 heterocycles. The number of benzene rings is 1. The highest BCUT2D eigenvalue weighted by Crippen LogP contribution is 2.23. The fourth-order valence-electron chi connectivity index (χ4n) is 2.04. The quantitative estimate of drug-likeness (QED) is 0.682. The maximum absolute atomic E-state index is 12.4. The van der Waals surface area contributed by atoms with Crippen LogP contribution in [-0.4, -0.2) is 26.3 Å². The second-order valence-corrected chi connectivity index (χ2v) is 5.74. The Hall–Kier alpha value is -2.74. The fraction of sp³-hybridized carbons (Fsp3) is 0.143. The molecule has 8 heteroatoms. The lowest BCUT2D eigenvalue weighted by Crippen LogP contribution is -2.26. The van der Waals surface area contributed by atoms with Gasteiger partial charge in [0.2, 0.25) is 5.13 Å². The van der Waals surface area contributed by atoms with Crippen LogP contribution in [0.25, 0.3) is 11.3 Å². The predicted octanol–water partition coefficient (Wildman–Crippen LogP) is 2.00. The summed E-state index contributed by atoms with van der Waals surface area (Å²) < 4.78 is 0. The number of aromatic nitrogens is 4. The summed E-state index contributed by atoms with van der Waals surface area (Å²) in [6.45, 7) is 1.83. The number of H-pyrrole nitrogens is 1. The van der Waals surface area contributed by atoms with E-state index in [1.54, 1.807) is 0 Å². The first kappa shape index (κ1) is 14.2. The summed E-state index contributed by atoms with van der Waals surface area (Å²) in [5.74, 6) is -0.228. The van der Waals surface area contributed by atoms with Crippen molar-refractivity contribution in [1.29, 1.82) is 0 Å². The zero-order valence-corrected chi connectivity index (χ0v) is 12.6. The SMILES string of the molecule is C[C@@H](NC(=O)c1cn[nH]c1-c1ccccc1)c1nnc(N)s1. The Bertz CT molecular complexity index is 781. The van der Waals surface area contributed by atoms with Crippen LogP contribution in [0.1, 0.15) is 28.3 Å². The summed E-state index contributed by atoms with van der Waals surface area (Å²) in [6.07, 6.45) is 1.51. The molecule has 0 aliphatic carbocycles. The largest absolute Gasteiger partial charge is 0.374 e. The Morgan fingerprint density at radius 2 is 2.09 bits per heavy atom. The number of nitrogen functional groups attached to an aromatic ring is 1. The number of hydrogen-bond donors (Lipinski definition) is 3. The highest BCUT2D eigenvalue weighted by molar-refractivity contribution is 7.15. The molecule has 3 aromatic rings. The predicted molar refractivity (Wildman–Crippen MR) is 84.2 cm³/mol. The number of aromatic amines is 1. The number of rotatable bonds is 4. The summed E-state index contributed by atoms with van der Waals surface area (Å²) in [4.78, 5) is 12.4. The van der Waals surface area contributed by atoms with Crippen molar-refractivity contribution in [3.63, 3.8) is 0 Å². The topological polar surface area (TPSA) is 110 Å². The zero-order chi connectivity index (χ0) is 15.5. The average Bonchev–Trinajstić information content (AvgIpc) is 3.16. The fourth-order valence-corrected chi connectivity index (χ4v) is 2.65. The van der Waals surface area contributed by atoms with E-state index in [2.05, 4.69) is 25.7 Å². The molecule has 0 saturated carbocycles. The molecule has 0 fully saturated rings. The summed E-state index contributed by atoms with van der Waals surface area (Å²) in [6, 6.07) is 9.29. The van der Waals surface area contributed by atoms with E-state index >= 15 is 0 Å². The molecule has 0 radical (unpaired) electrons. The van der Waals surface area contributed by atoms with Crippen LogP contribution in [-0.2, 0) is 0 Å². The molecule has 2 aromatic heterocycles. The van der Waals surface area contributed by atoms with Gasteiger partial charge >= 0.3 is 0 Å². The minimum absolute atomic E-state index is 0.228. The van der Waals surface area contributed by atoms with Crippen LogP contribution in [0.3, 0.4) is 0 Å². The normalized spacial score (nSPS) is 12.0. The van der Waals surface area contributed by atoms with Crippen molar-refractivity contribution < 1.29 is 4.79 Å². The number of nitrogens with two attached hydrogens (primary N) is 1. The van der Waals surface area contributed by atoms with Crippen LogP contribution in [0.15, 0.2) is 36.5 Å². The monoisotopic (exact) mass is 314 g/mol. The zero-order valence-electron chi connectivity index (χ0n) is 11.8. The van der Waals surface area contributed by atoms with Crippen LogP contribution in [0.2, 0.25) is 0 Å². The highest BCUT2D eigenvalue weighted by Gasteiger charge is 2.19. The minimum Gasteiger partial charge on any atom is -0.374 e. The molecule has 1 amide bonds. The molecule has 1 aromatic carbocycles. The van der Waals surface area contributed by atoms with E-state index in [1.165, 1.54) is 17.5 Å². The van der Waals surface area contributed by atoms with Crippen molar-refractivity contribution in [3.05, 3.63) is 47.1 Å². The van der Waals surface area contributed by atoms with E-state index in [0.29, 0.717) is 21.4 Å². The van der Waals surface area contributed by atoms with E-state index in [9.17, 15) is 4.79 Å². The van der Waals surface area contributed by atoms with Gasteiger partial charge in [0, 0.05) is 5.56 Å². The Kier molecular flexibility index (Phi) is 3.84. The molecule has 0 spiro atoms. The Labute approximate surface area is 130 Å². The third-order valence-corrected chi connectivity index (χ3v) is 4.06. The molecule has 4 N–H and O–H groups in total. The van der Waals surface area contributed by atoms with Gasteiger partial charge in [-0.25, -0.2) is 0 Å². The lowest BCUT2D eigenvalue weighted by atomic mass is 10.1. The minimum atomic E-state index is -0.277. The number of amides is 1. The number of hydrogen-bond acceptors (Lipinski definition) is 6. The lowest BCUT2D eigenvalue weighted by molar-refractivity contribution is 0.0940. The first-order chi connectivity index (χ1) is 10.6. The van der Waals surface area contributed by atoms with Gasteiger partial charge in [0.05, 0.1) is 23.5 Å². The van der Waals surface area contributed by atoms with Crippen molar-refractivity contribution in [2.75, 3.05) is 5.73 Å². The van der Waals surface area contributed by atoms with Crippen LogP contribution >= 0.6 is 11.3 Å². The molecule has 3 rings (SSSR count). The van der Waals surface area contributed by atoms with Crippen molar-refractivity contribution >= 4 is 22.4 Å². The number of carbonyl (C=O) groups excluding carboxylic acids is 1. The van der Waals surface area contributed by atoms with E-state index in [-0.39, 0.29) is 11.9 Å². The second kappa shape index (κ2) is 5.94. The molecule has 7 nitrogen and oxygen atoms in total. The Morgan fingerprint density at radius 3 is 2.77 bits per heavy atom. The van der Waals surface area contributed by atoms with E-state index in [0.717, 1.165) is 5.56 Å². The van der Waals surface area contributed by atoms with Gasteiger partial charge in [-0.15, -0.1) is 10.2 Å². The van der Waals surface area contributed by atoms with E-state index in [4.69, 9.17) is 5.73 Å². The van der Waals surface area contributed by atoms with E-state index in [1.807, 2.05) is 37.3 Å². The van der Waals surface area contributed by atoms with Gasteiger partial charge in [0.1, 0.15) is 5.01 Å². The van der Waals surface area contributed by atoms with Gasteiger partial charge in [-0.1, -0.05) is 41.7 Å². The number of nitrogens with one attached hydrogen (secondary N) is 2. The summed E-state index contributed by atoms with van der Waals surface area (Å²) >= 11 is 1.25. The first-order valence-electron chi connectivity index (χ1n) is 6.63. The molecule has 1 atom stereocenters. The highest BCUT2D eigenvalue weighted by atomic mass is 32.1. The smallest absolute Gasteiger partial charge is 0.255 e. The van der Waals surface area contributed by atoms with Crippen LogP contribution < -0.4 is 11.1 Å².